The van der Waals surface area contributed by atoms with Crippen LogP contribution in [-0.4, -0.2) is 29.8 Å². The average Bonchev–Trinajstić information content (AvgIpc) is 2.90. The Morgan fingerprint density at radius 1 is 1.00 bits per heavy atom. The number of anilines is 1. The summed E-state index contributed by atoms with van der Waals surface area (Å²) in [6.07, 6.45) is 1.37. The maximum atomic E-state index is 13.2. The van der Waals surface area contributed by atoms with Crippen molar-refractivity contribution in [1.29, 1.82) is 0 Å². The van der Waals surface area contributed by atoms with Gasteiger partial charge in [-0.1, -0.05) is 55.8 Å². The van der Waals surface area contributed by atoms with Crippen LogP contribution < -0.4 is 4.90 Å². The number of rotatable bonds is 4. The van der Waals surface area contributed by atoms with Gasteiger partial charge in [0.05, 0.1) is 11.4 Å². The van der Waals surface area contributed by atoms with E-state index in [1.54, 1.807) is 30.1 Å². The Balaban J connectivity index is 0.00000132. The number of phenolic OH excluding ortho intramolecular Hbond substituents is 1. The third kappa shape index (κ3) is 5.15. The monoisotopic (exact) mass is 434 g/mol. The largest absolute Gasteiger partial charge is 0.508 e. The molecule has 5 heteroatoms. The summed E-state index contributed by atoms with van der Waals surface area (Å²) in [4.78, 5) is 19.7. The van der Waals surface area contributed by atoms with Crippen LogP contribution in [0, 0.1) is 0 Å². The van der Waals surface area contributed by atoms with Crippen LogP contribution in [0.25, 0.3) is 0 Å². The number of halogens is 1. The first-order valence-corrected chi connectivity index (χ1v) is 10.9. The first kappa shape index (κ1) is 22.6. The van der Waals surface area contributed by atoms with Gasteiger partial charge in [0.2, 0.25) is 0 Å². The normalized spacial score (nSPS) is 15.4. The number of hydrogen-bond donors (Lipinski definition) is 1. The highest BCUT2D eigenvalue weighted by Crippen LogP contribution is 2.31. The van der Waals surface area contributed by atoms with Gasteiger partial charge in [-0.05, 0) is 60.9 Å². The zero-order valence-electron chi connectivity index (χ0n) is 18.0. The minimum atomic E-state index is -0.504. The number of benzene rings is 3. The number of aromatic hydroxyl groups is 1. The highest BCUT2D eigenvalue weighted by atomic mass is 35.5. The molecule has 31 heavy (non-hydrogen) atoms. The number of nitrogens with zero attached hydrogens (tertiary/aromatic N) is 2. The van der Waals surface area contributed by atoms with Crippen molar-refractivity contribution >= 4 is 28.9 Å². The molecular weight excluding hydrogens is 408 g/mol. The number of likely N-dealkylation sites (N-methyl/N-ethyl adjacent to an activating group) is 1. The van der Waals surface area contributed by atoms with Crippen molar-refractivity contribution in [3.63, 3.8) is 0 Å². The Hall–Kier alpha value is -3.11. The van der Waals surface area contributed by atoms with Gasteiger partial charge < -0.3 is 10.0 Å². The Morgan fingerprint density at radius 3 is 2.35 bits per heavy atom. The van der Waals surface area contributed by atoms with E-state index in [0.29, 0.717) is 17.2 Å². The van der Waals surface area contributed by atoms with E-state index < -0.39 is 6.04 Å². The Kier molecular flexibility index (Phi) is 7.48. The predicted octanol–water partition coefficient (Wildman–Crippen LogP) is 5.89. The van der Waals surface area contributed by atoms with Crippen molar-refractivity contribution in [3.8, 4) is 5.75 Å². The highest BCUT2D eigenvalue weighted by Gasteiger charge is 2.30. The number of aliphatic imine (C=N–C) groups is 1. The summed E-state index contributed by atoms with van der Waals surface area (Å²) in [6.45, 7) is 4.00. The van der Waals surface area contributed by atoms with Gasteiger partial charge in [-0.25, -0.2) is 0 Å². The van der Waals surface area contributed by atoms with E-state index in [2.05, 4.69) is 12.1 Å². The first-order valence-electron chi connectivity index (χ1n) is 10.5. The van der Waals surface area contributed by atoms with E-state index in [4.69, 9.17) is 16.6 Å². The summed E-state index contributed by atoms with van der Waals surface area (Å²) in [5, 5.41) is 10.3. The van der Waals surface area contributed by atoms with Crippen LogP contribution in [0.5, 0.6) is 5.75 Å². The average molecular weight is 435 g/mol. The van der Waals surface area contributed by atoms with Crippen LogP contribution in [0.3, 0.4) is 0 Å². The minimum absolute atomic E-state index is 0.0433. The van der Waals surface area contributed by atoms with Gasteiger partial charge in [0.25, 0.3) is 5.91 Å². The first-order chi connectivity index (χ1) is 15.0. The van der Waals surface area contributed by atoms with Gasteiger partial charge >= 0.3 is 0 Å². The molecule has 0 saturated heterocycles. The fraction of sp³-hybridized carbons (Fsp3) is 0.231. The Bertz CT molecular complexity index is 1060. The molecule has 4 rings (SSSR count). The van der Waals surface area contributed by atoms with Crippen molar-refractivity contribution < 1.29 is 9.90 Å². The van der Waals surface area contributed by atoms with E-state index in [1.807, 2.05) is 56.3 Å². The maximum Gasteiger partial charge on any atom is 0.251 e. The topological polar surface area (TPSA) is 52.9 Å². The summed E-state index contributed by atoms with van der Waals surface area (Å²) in [6, 6.07) is 21.9. The van der Waals surface area contributed by atoms with Crippen molar-refractivity contribution in [3.05, 3.63) is 94.5 Å². The number of aryl methyl sites for hydroxylation is 1. The summed E-state index contributed by atoms with van der Waals surface area (Å²) >= 11 is 6.27. The van der Waals surface area contributed by atoms with Crippen molar-refractivity contribution in [2.45, 2.75) is 32.7 Å². The summed E-state index contributed by atoms with van der Waals surface area (Å²) in [5.41, 5.74) is 4.29. The van der Waals surface area contributed by atoms with E-state index in [0.717, 1.165) is 23.2 Å². The van der Waals surface area contributed by atoms with E-state index >= 15 is 0 Å². The van der Waals surface area contributed by atoms with Gasteiger partial charge in [0, 0.05) is 23.2 Å². The van der Waals surface area contributed by atoms with Crippen LogP contribution in [0.2, 0.25) is 5.02 Å². The number of phenols is 1. The molecule has 1 amide bonds. The molecular formula is C26H27ClN2O2. The Morgan fingerprint density at radius 2 is 1.68 bits per heavy atom. The summed E-state index contributed by atoms with van der Waals surface area (Å²) in [7, 11) is 1.78. The second kappa shape index (κ2) is 10.3. The molecule has 0 aromatic heterocycles. The van der Waals surface area contributed by atoms with Crippen molar-refractivity contribution in [1.82, 2.24) is 0 Å². The summed E-state index contributed by atoms with van der Waals surface area (Å²) in [5.74, 6) is 0.140. The molecule has 1 N–H and O–H groups in total. The zero-order valence-corrected chi connectivity index (χ0v) is 18.8. The van der Waals surface area contributed by atoms with Crippen LogP contribution in [-0.2, 0) is 11.2 Å². The molecule has 1 heterocycles. The molecule has 4 nitrogen and oxygen atoms in total. The minimum Gasteiger partial charge on any atom is -0.508 e. The number of carbonyl (C=O) groups excluding carboxylic acids is 1. The molecule has 0 saturated carbocycles. The lowest BCUT2D eigenvalue weighted by atomic mass is 10.00. The molecule has 0 radical (unpaired) electrons. The van der Waals surface area contributed by atoms with Gasteiger partial charge in [0.1, 0.15) is 11.8 Å². The predicted molar refractivity (Wildman–Crippen MR) is 129 cm³/mol. The summed E-state index contributed by atoms with van der Waals surface area (Å²) < 4.78 is 0. The standard InChI is InChI=1S/C24H21ClN2O2.C2H6/c1-27-22-14-10-18(25)15-20(22)23(17-8-11-19(28)12-9-17)26-21(24(27)29)13-7-16-5-3-2-4-6-16;1-2/h2-6,8-12,14-15,21,28H,7,13H2,1H3;1-2H3. The van der Waals surface area contributed by atoms with Crippen molar-refractivity contribution in [2.24, 2.45) is 4.99 Å². The lowest BCUT2D eigenvalue weighted by Gasteiger charge is -2.20. The van der Waals surface area contributed by atoms with Gasteiger partial charge in [-0.15, -0.1) is 0 Å². The smallest absolute Gasteiger partial charge is 0.251 e. The number of hydrogen-bond acceptors (Lipinski definition) is 3. The number of carbonyl (C=O) groups is 1. The molecule has 1 unspecified atom stereocenters. The fourth-order valence-electron chi connectivity index (χ4n) is 3.60. The molecule has 0 spiro atoms. The second-order valence-electron chi connectivity index (χ2n) is 7.12. The lowest BCUT2D eigenvalue weighted by molar-refractivity contribution is -0.119. The number of fused-ring (bicyclic) bond motifs is 1. The molecule has 0 bridgehead atoms. The molecule has 0 aliphatic carbocycles. The molecule has 1 atom stereocenters. The quantitative estimate of drug-likeness (QED) is 0.556. The Labute approximate surface area is 188 Å². The van der Waals surface area contributed by atoms with Crippen molar-refractivity contribution in [2.75, 3.05) is 11.9 Å². The van der Waals surface area contributed by atoms with E-state index in [-0.39, 0.29) is 11.7 Å². The van der Waals surface area contributed by atoms with E-state index in [1.165, 1.54) is 5.56 Å². The molecule has 3 aromatic carbocycles. The molecule has 160 valence electrons. The van der Waals surface area contributed by atoms with Gasteiger partial charge in [-0.2, -0.15) is 0 Å². The zero-order chi connectivity index (χ0) is 22.4. The van der Waals surface area contributed by atoms with Crippen LogP contribution in [0.4, 0.5) is 5.69 Å². The van der Waals surface area contributed by atoms with Gasteiger partial charge in [0.15, 0.2) is 0 Å². The number of benzodiazepines with no additional fused rings is 1. The molecule has 1 aliphatic heterocycles. The van der Waals surface area contributed by atoms with E-state index in [9.17, 15) is 9.90 Å². The maximum absolute atomic E-state index is 13.2. The molecule has 1 aliphatic rings. The third-order valence-corrected chi connectivity index (χ3v) is 5.40. The van der Waals surface area contributed by atoms with Crippen LogP contribution in [0.1, 0.15) is 37.0 Å². The van der Waals surface area contributed by atoms with Crippen LogP contribution >= 0.6 is 11.6 Å². The number of amides is 1. The molecule has 3 aromatic rings. The van der Waals surface area contributed by atoms with Gasteiger partial charge in [-0.3, -0.25) is 9.79 Å². The lowest BCUT2D eigenvalue weighted by Crippen LogP contribution is -2.35. The SMILES string of the molecule is CC.CN1C(=O)C(CCc2ccccc2)N=C(c2ccc(O)cc2)c2cc(Cl)ccc21. The highest BCUT2D eigenvalue weighted by molar-refractivity contribution is 6.32. The second-order valence-corrected chi connectivity index (χ2v) is 7.56. The van der Waals surface area contributed by atoms with Crippen LogP contribution in [0.15, 0.2) is 77.8 Å². The molecule has 0 fully saturated rings. The fourth-order valence-corrected chi connectivity index (χ4v) is 3.77. The third-order valence-electron chi connectivity index (χ3n) is 5.17.